The number of carbonyl (C=O) groups is 1. The number of pyridine rings is 1. The molecule has 0 aliphatic rings. The van der Waals surface area contributed by atoms with Gasteiger partial charge in [0.25, 0.3) is 0 Å². The summed E-state index contributed by atoms with van der Waals surface area (Å²) in [4.78, 5) is 15.5. The van der Waals surface area contributed by atoms with Gasteiger partial charge >= 0.3 is 0 Å². The van der Waals surface area contributed by atoms with Crippen molar-refractivity contribution in [3.05, 3.63) is 72.9 Å². The van der Waals surface area contributed by atoms with Gasteiger partial charge in [0.1, 0.15) is 17.3 Å². The van der Waals surface area contributed by atoms with Crippen LogP contribution >= 0.6 is 0 Å². The van der Waals surface area contributed by atoms with E-state index in [2.05, 4.69) is 10.3 Å². The van der Waals surface area contributed by atoms with Crippen LogP contribution in [0, 0.1) is 0 Å². The maximum Gasteiger partial charge on any atom is 0.239 e. The smallest absolute Gasteiger partial charge is 0.239 e. The molecule has 1 aromatic heterocycles. The molecule has 1 heterocycles. The van der Waals surface area contributed by atoms with Crippen LogP contribution in [0.25, 0.3) is 11.1 Å². The number of nitrogens with one attached hydrogen (secondary N) is 1. The molecule has 0 radical (unpaired) electrons. The molecule has 3 aromatic rings. The Morgan fingerprint density at radius 3 is 2.58 bits per heavy atom. The van der Waals surface area contributed by atoms with Gasteiger partial charge in [-0.3, -0.25) is 4.79 Å². The average molecular weight is 319 g/mol. The number of para-hydroxylation sites is 1. The summed E-state index contributed by atoms with van der Waals surface area (Å²) in [6.07, 6.45) is 1.58. The van der Waals surface area contributed by atoms with Crippen molar-refractivity contribution in [3.8, 4) is 22.6 Å². The number of nitrogens with zero attached hydrogens (tertiary/aromatic N) is 1. The van der Waals surface area contributed by atoms with Gasteiger partial charge in [0, 0.05) is 17.8 Å². The lowest BCUT2D eigenvalue weighted by atomic mass is 10.1. The maximum absolute atomic E-state index is 11.4. The second-order valence-electron chi connectivity index (χ2n) is 5.09. The van der Waals surface area contributed by atoms with Crippen LogP contribution in [0.1, 0.15) is 0 Å². The van der Waals surface area contributed by atoms with Gasteiger partial charge in [0.15, 0.2) is 0 Å². The van der Waals surface area contributed by atoms with Gasteiger partial charge in [-0.25, -0.2) is 4.98 Å². The van der Waals surface area contributed by atoms with Crippen LogP contribution in [0.4, 0.5) is 5.82 Å². The minimum Gasteiger partial charge on any atom is -0.457 e. The third-order valence-corrected chi connectivity index (χ3v) is 3.38. The minimum atomic E-state index is -0.302. The molecule has 0 fully saturated rings. The Morgan fingerprint density at radius 2 is 1.79 bits per heavy atom. The van der Waals surface area contributed by atoms with Crippen LogP contribution in [-0.4, -0.2) is 17.4 Å². The second-order valence-corrected chi connectivity index (χ2v) is 5.09. The third kappa shape index (κ3) is 3.77. The van der Waals surface area contributed by atoms with Crippen molar-refractivity contribution in [1.29, 1.82) is 0 Å². The zero-order chi connectivity index (χ0) is 16.8. The molecule has 0 aliphatic heterocycles. The number of ether oxygens (including phenoxy) is 1. The number of rotatable bonds is 5. The molecule has 3 N–H and O–H groups in total. The summed E-state index contributed by atoms with van der Waals surface area (Å²) in [5, 5.41) is 2.61. The van der Waals surface area contributed by atoms with Gasteiger partial charge in [-0.1, -0.05) is 48.5 Å². The van der Waals surface area contributed by atoms with Crippen LogP contribution in [0.5, 0.6) is 11.5 Å². The fraction of sp³-hybridized carbons (Fsp3) is 0.0526. The van der Waals surface area contributed by atoms with E-state index in [9.17, 15) is 4.79 Å². The Kier molecular flexibility index (Phi) is 4.84. The van der Waals surface area contributed by atoms with Crippen molar-refractivity contribution in [3.63, 3.8) is 0 Å². The first-order valence-corrected chi connectivity index (χ1v) is 7.54. The molecule has 0 unspecified atom stereocenters. The molecule has 0 bridgehead atoms. The standard InChI is InChI=1S/C19H17N3O2/c20-13-19(23)22-18-12-15(10-11-21-18)24-17-9-5-4-8-16(17)14-6-2-1-3-7-14/h1-12H,13,20H2,(H,21,22,23). The molecular formula is C19H17N3O2. The lowest BCUT2D eigenvalue weighted by molar-refractivity contribution is -0.114. The number of carbonyl (C=O) groups excluding carboxylic acids is 1. The number of hydrogen-bond acceptors (Lipinski definition) is 4. The lowest BCUT2D eigenvalue weighted by Crippen LogP contribution is -2.22. The first-order chi connectivity index (χ1) is 11.8. The summed E-state index contributed by atoms with van der Waals surface area (Å²) in [5.41, 5.74) is 7.35. The van der Waals surface area contributed by atoms with Gasteiger partial charge in [0.2, 0.25) is 5.91 Å². The molecule has 2 aromatic carbocycles. The Labute approximate surface area is 140 Å². The highest BCUT2D eigenvalue weighted by atomic mass is 16.5. The maximum atomic E-state index is 11.4. The zero-order valence-electron chi connectivity index (χ0n) is 13.0. The van der Waals surface area contributed by atoms with Crippen LogP contribution in [0.15, 0.2) is 72.9 Å². The summed E-state index contributed by atoms with van der Waals surface area (Å²) < 4.78 is 6.00. The molecule has 5 nitrogen and oxygen atoms in total. The first kappa shape index (κ1) is 15.7. The summed E-state index contributed by atoms with van der Waals surface area (Å²) >= 11 is 0. The van der Waals surface area contributed by atoms with Crippen molar-refractivity contribution in [2.75, 3.05) is 11.9 Å². The quantitative estimate of drug-likeness (QED) is 0.755. The highest BCUT2D eigenvalue weighted by molar-refractivity contribution is 5.91. The minimum absolute atomic E-state index is 0.0936. The molecule has 0 saturated carbocycles. The fourth-order valence-electron chi connectivity index (χ4n) is 2.28. The highest BCUT2D eigenvalue weighted by Crippen LogP contribution is 2.33. The van der Waals surface area contributed by atoms with Crippen LogP contribution in [0.3, 0.4) is 0 Å². The van der Waals surface area contributed by atoms with Crippen molar-refractivity contribution < 1.29 is 9.53 Å². The Bertz CT molecular complexity index is 835. The Morgan fingerprint density at radius 1 is 1.04 bits per heavy atom. The van der Waals surface area contributed by atoms with Crippen molar-refractivity contribution >= 4 is 11.7 Å². The number of hydrogen-bond donors (Lipinski definition) is 2. The number of nitrogens with two attached hydrogens (primary N) is 1. The first-order valence-electron chi connectivity index (χ1n) is 7.54. The van der Waals surface area contributed by atoms with E-state index < -0.39 is 0 Å². The van der Waals surface area contributed by atoms with Crippen LogP contribution < -0.4 is 15.8 Å². The van der Waals surface area contributed by atoms with E-state index in [0.29, 0.717) is 11.6 Å². The normalized spacial score (nSPS) is 10.2. The third-order valence-electron chi connectivity index (χ3n) is 3.38. The average Bonchev–Trinajstić information content (AvgIpc) is 2.63. The molecular weight excluding hydrogens is 302 g/mol. The van der Waals surface area contributed by atoms with E-state index in [-0.39, 0.29) is 12.5 Å². The van der Waals surface area contributed by atoms with Gasteiger partial charge < -0.3 is 15.8 Å². The van der Waals surface area contributed by atoms with Crippen molar-refractivity contribution in [2.24, 2.45) is 5.73 Å². The summed E-state index contributed by atoms with van der Waals surface area (Å²) in [5.74, 6) is 1.41. The molecule has 120 valence electrons. The molecule has 0 aliphatic carbocycles. The SMILES string of the molecule is NCC(=O)Nc1cc(Oc2ccccc2-c2ccccc2)ccn1. The number of aromatic nitrogens is 1. The molecule has 5 heteroatoms. The van der Waals surface area contributed by atoms with Crippen molar-refractivity contribution in [2.45, 2.75) is 0 Å². The molecule has 24 heavy (non-hydrogen) atoms. The predicted molar refractivity (Wildman–Crippen MR) is 93.9 cm³/mol. The van der Waals surface area contributed by atoms with E-state index in [1.54, 1.807) is 18.3 Å². The number of amides is 1. The second kappa shape index (κ2) is 7.39. The Balaban J connectivity index is 1.87. The van der Waals surface area contributed by atoms with E-state index in [1.807, 2.05) is 54.6 Å². The van der Waals surface area contributed by atoms with E-state index >= 15 is 0 Å². The molecule has 1 amide bonds. The van der Waals surface area contributed by atoms with E-state index in [0.717, 1.165) is 16.9 Å². The topological polar surface area (TPSA) is 77.2 Å². The molecule has 0 atom stereocenters. The van der Waals surface area contributed by atoms with Gasteiger partial charge in [-0.05, 0) is 17.7 Å². The largest absolute Gasteiger partial charge is 0.457 e. The molecule has 0 saturated heterocycles. The summed E-state index contributed by atoms with van der Waals surface area (Å²) in [6.45, 7) is -0.0936. The van der Waals surface area contributed by atoms with Gasteiger partial charge in [0.05, 0.1) is 6.54 Å². The zero-order valence-corrected chi connectivity index (χ0v) is 13.0. The lowest BCUT2D eigenvalue weighted by Gasteiger charge is -2.12. The van der Waals surface area contributed by atoms with E-state index in [1.165, 1.54) is 0 Å². The Hall–Kier alpha value is -3.18. The summed E-state index contributed by atoms with van der Waals surface area (Å²) in [6, 6.07) is 21.2. The fourth-order valence-corrected chi connectivity index (χ4v) is 2.28. The van der Waals surface area contributed by atoms with Crippen LogP contribution in [-0.2, 0) is 4.79 Å². The molecule has 0 spiro atoms. The van der Waals surface area contributed by atoms with Gasteiger partial charge in [-0.15, -0.1) is 0 Å². The number of anilines is 1. The van der Waals surface area contributed by atoms with Gasteiger partial charge in [-0.2, -0.15) is 0 Å². The highest BCUT2D eigenvalue weighted by Gasteiger charge is 2.08. The van der Waals surface area contributed by atoms with Crippen molar-refractivity contribution in [1.82, 2.24) is 4.98 Å². The number of benzene rings is 2. The predicted octanol–water partition coefficient (Wildman–Crippen LogP) is 3.44. The summed E-state index contributed by atoms with van der Waals surface area (Å²) in [7, 11) is 0. The van der Waals surface area contributed by atoms with E-state index in [4.69, 9.17) is 10.5 Å². The molecule has 3 rings (SSSR count). The van der Waals surface area contributed by atoms with Crippen LogP contribution in [0.2, 0.25) is 0 Å². The monoisotopic (exact) mass is 319 g/mol.